The molecule has 1 fully saturated rings. The summed E-state index contributed by atoms with van der Waals surface area (Å²) in [6.45, 7) is 6.81. The number of hydrogen-bond donors (Lipinski definition) is 1. The lowest BCUT2D eigenvalue weighted by Gasteiger charge is -2.37. The Bertz CT molecular complexity index is 176. The molecule has 3 nitrogen and oxygen atoms in total. The number of likely N-dealkylation sites (tertiary alicyclic amines) is 1. The zero-order chi connectivity index (χ0) is 11.1. The smallest absolute Gasteiger partial charge is 0.207 e. The van der Waals surface area contributed by atoms with Gasteiger partial charge in [0.1, 0.15) is 0 Å². The highest BCUT2D eigenvalue weighted by atomic mass is 16.1. The van der Waals surface area contributed by atoms with E-state index in [0.717, 1.165) is 38.4 Å². The van der Waals surface area contributed by atoms with Crippen LogP contribution < -0.4 is 5.32 Å². The van der Waals surface area contributed by atoms with Crippen LogP contribution >= 0.6 is 0 Å². The van der Waals surface area contributed by atoms with Gasteiger partial charge in [0.25, 0.3) is 0 Å². The van der Waals surface area contributed by atoms with Crippen molar-refractivity contribution < 1.29 is 4.79 Å². The predicted molar refractivity (Wildman–Crippen MR) is 62.8 cm³/mol. The predicted octanol–water partition coefficient (Wildman–Crippen LogP) is 1.78. The number of nitrogens with zero attached hydrogens (tertiary/aromatic N) is 1. The molecule has 88 valence electrons. The summed E-state index contributed by atoms with van der Waals surface area (Å²) in [6.07, 6.45) is 6.88. The van der Waals surface area contributed by atoms with Gasteiger partial charge in [0, 0.05) is 25.2 Å². The van der Waals surface area contributed by atoms with E-state index in [0.29, 0.717) is 6.04 Å². The Labute approximate surface area is 93.2 Å². The minimum atomic E-state index is 0.415. The normalized spacial score (nSPS) is 21.2. The van der Waals surface area contributed by atoms with Gasteiger partial charge in [-0.1, -0.05) is 20.3 Å². The van der Waals surface area contributed by atoms with Gasteiger partial charge in [-0.05, 0) is 25.7 Å². The fourth-order valence-corrected chi connectivity index (χ4v) is 2.51. The monoisotopic (exact) mass is 212 g/mol. The topological polar surface area (TPSA) is 32.3 Å². The fourth-order valence-electron chi connectivity index (χ4n) is 2.51. The van der Waals surface area contributed by atoms with Crippen LogP contribution in [0.4, 0.5) is 0 Å². The molecule has 1 saturated heterocycles. The molecule has 0 bridgehead atoms. The van der Waals surface area contributed by atoms with Crippen LogP contribution in [0.2, 0.25) is 0 Å². The summed E-state index contributed by atoms with van der Waals surface area (Å²) in [5.41, 5.74) is 0. The Morgan fingerprint density at radius 2 is 2.07 bits per heavy atom. The van der Waals surface area contributed by atoms with Crippen LogP contribution in [0.3, 0.4) is 0 Å². The largest absolute Gasteiger partial charge is 0.356 e. The molecule has 1 aliphatic heterocycles. The third-order valence-corrected chi connectivity index (χ3v) is 3.44. The highest BCUT2D eigenvalue weighted by Crippen LogP contribution is 2.17. The Balaban J connectivity index is 2.31. The van der Waals surface area contributed by atoms with Crippen LogP contribution in [0.5, 0.6) is 0 Å². The van der Waals surface area contributed by atoms with E-state index in [1.807, 2.05) is 0 Å². The molecular formula is C12H24N2O. The highest BCUT2D eigenvalue weighted by Gasteiger charge is 2.22. The highest BCUT2D eigenvalue weighted by molar-refractivity contribution is 5.46. The summed E-state index contributed by atoms with van der Waals surface area (Å²) in [7, 11) is 0. The van der Waals surface area contributed by atoms with Gasteiger partial charge in [0.2, 0.25) is 6.41 Å². The second kappa shape index (κ2) is 6.83. The summed E-state index contributed by atoms with van der Waals surface area (Å²) >= 11 is 0. The Morgan fingerprint density at radius 3 is 2.53 bits per heavy atom. The van der Waals surface area contributed by atoms with Crippen molar-refractivity contribution in [1.29, 1.82) is 0 Å². The van der Waals surface area contributed by atoms with Crippen molar-refractivity contribution in [3.05, 3.63) is 0 Å². The number of rotatable bonds is 6. The van der Waals surface area contributed by atoms with Gasteiger partial charge in [-0.3, -0.25) is 4.79 Å². The first-order chi connectivity index (χ1) is 7.31. The van der Waals surface area contributed by atoms with E-state index in [9.17, 15) is 4.79 Å². The van der Waals surface area contributed by atoms with Crippen LogP contribution in [0, 0.1) is 0 Å². The van der Waals surface area contributed by atoms with E-state index in [2.05, 4.69) is 24.1 Å². The minimum absolute atomic E-state index is 0.415. The molecule has 1 amide bonds. The van der Waals surface area contributed by atoms with E-state index in [4.69, 9.17) is 0 Å². The average molecular weight is 212 g/mol. The van der Waals surface area contributed by atoms with Crippen LogP contribution in [0.25, 0.3) is 0 Å². The number of carbonyl (C=O) groups is 1. The van der Waals surface area contributed by atoms with Crippen LogP contribution in [0.15, 0.2) is 0 Å². The second-order valence-corrected chi connectivity index (χ2v) is 4.45. The molecule has 0 aromatic rings. The maximum Gasteiger partial charge on any atom is 0.207 e. The van der Waals surface area contributed by atoms with Crippen molar-refractivity contribution in [3.63, 3.8) is 0 Å². The Hall–Kier alpha value is -0.570. The maximum absolute atomic E-state index is 10.3. The third kappa shape index (κ3) is 3.82. The maximum atomic E-state index is 10.3. The molecule has 1 heterocycles. The lowest BCUT2D eigenvalue weighted by Crippen LogP contribution is -2.46. The molecule has 0 saturated carbocycles. The first-order valence-electron chi connectivity index (χ1n) is 6.25. The standard InChI is InChI=1S/C12H24N2O/c1-3-5-12(4-2)14-8-6-11(7-9-14)13-10-15/h10-12H,3-9H2,1-2H3,(H,13,15). The molecule has 1 rings (SSSR count). The van der Waals surface area contributed by atoms with Crippen molar-refractivity contribution in [2.45, 2.75) is 58.0 Å². The molecule has 15 heavy (non-hydrogen) atoms. The van der Waals surface area contributed by atoms with E-state index in [-0.39, 0.29) is 0 Å². The van der Waals surface area contributed by atoms with Gasteiger partial charge < -0.3 is 10.2 Å². The van der Waals surface area contributed by atoms with Gasteiger partial charge in [-0.25, -0.2) is 0 Å². The zero-order valence-electron chi connectivity index (χ0n) is 10.0. The first kappa shape index (κ1) is 12.5. The molecule has 0 aromatic heterocycles. The lowest BCUT2D eigenvalue weighted by atomic mass is 10.00. The summed E-state index contributed by atoms with van der Waals surface area (Å²) in [5.74, 6) is 0. The summed E-state index contributed by atoms with van der Waals surface area (Å²) in [5, 5.41) is 2.89. The molecule has 0 aromatic carbocycles. The van der Waals surface area contributed by atoms with Crippen LogP contribution in [-0.2, 0) is 4.79 Å². The number of nitrogens with one attached hydrogen (secondary N) is 1. The van der Waals surface area contributed by atoms with Crippen molar-refractivity contribution in [2.75, 3.05) is 13.1 Å². The Morgan fingerprint density at radius 1 is 1.40 bits per heavy atom. The van der Waals surface area contributed by atoms with Gasteiger partial charge in [0.05, 0.1) is 0 Å². The lowest BCUT2D eigenvalue weighted by molar-refractivity contribution is -0.110. The van der Waals surface area contributed by atoms with E-state index < -0.39 is 0 Å². The molecule has 1 unspecified atom stereocenters. The summed E-state index contributed by atoms with van der Waals surface area (Å²) in [4.78, 5) is 12.9. The van der Waals surface area contributed by atoms with Crippen molar-refractivity contribution in [1.82, 2.24) is 10.2 Å². The summed E-state index contributed by atoms with van der Waals surface area (Å²) in [6, 6.07) is 1.17. The number of amides is 1. The molecule has 3 heteroatoms. The van der Waals surface area contributed by atoms with Gasteiger partial charge in [-0.2, -0.15) is 0 Å². The zero-order valence-corrected chi connectivity index (χ0v) is 10.0. The van der Waals surface area contributed by atoms with Gasteiger partial charge in [-0.15, -0.1) is 0 Å². The quantitative estimate of drug-likeness (QED) is 0.681. The van der Waals surface area contributed by atoms with Crippen LogP contribution in [-0.4, -0.2) is 36.5 Å². The van der Waals surface area contributed by atoms with Gasteiger partial charge >= 0.3 is 0 Å². The number of hydrogen-bond acceptors (Lipinski definition) is 2. The molecular weight excluding hydrogens is 188 g/mol. The van der Waals surface area contributed by atoms with E-state index in [1.165, 1.54) is 19.3 Å². The fraction of sp³-hybridized carbons (Fsp3) is 0.917. The van der Waals surface area contributed by atoms with E-state index >= 15 is 0 Å². The number of piperidine rings is 1. The Kier molecular flexibility index (Phi) is 5.69. The summed E-state index contributed by atoms with van der Waals surface area (Å²) < 4.78 is 0. The molecule has 0 radical (unpaired) electrons. The van der Waals surface area contributed by atoms with Gasteiger partial charge in [0.15, 0.2) is 0 Å². The molecule has 0 spiro atoms. The van der Waals surface area contributed by atoms with Crippen molar-refractivity contribution in [2.24, 2.45) is 0 Å². The molecule has 0 aliphatic carbocycles. The SMILES string of the molecule is CCCC(CC)N1CCC(NC=O)CC1. The first-order valence-corrected chi connectivity index (χ1v) is 6.25. The van der Waals surface area contributed by atoms with Crippen molar-refractivity contribution in [3.8, 4) is 0 Å². The molecule has 1 aliphatic rings. The second-order valence-electron chi connectivity index (χ2n) is 4.45. The minimum Gasteiger partial charge on any atom is -0.356 e. The number of carbonyl (C=O) groups excluding carboxylic acids is 1. The molecule has 1 atom stereocenters. The third-order valence-electron chi connectivity index (χ3n) is 3.44. The van der Waals surface area contributed by atoms with Crippen molar-refractivity contribution >= 4 is 6.41 Å². The molecule has 1 N–H and O–H groups in total. The van der Waals surface area contributed by atoms with Crippen LogP contribution in [0.1, 0.15) is 46.0 Å². The van der Waals surface area contributed by atoms with E-state index in [1.54, 1.807) is 0 Å². The average Bonchev–Trinajstić information content (AvgIpc) is 2.28.